The molecule has 0 unspecified atom stereocenters. The summed E-state index contributed by atoms with van der Waals surface area (Å²) < 4.78 is 49.3. The van der Waals surface area contributed by atoms with E-state index < -0.39 is 54.0 Å². The number of rotatable bonds is 10. The number of piperidine rings is 1. The van der Waals surface area contributed by atoms with Crippen LogP contribution in [0.25, 0.3) is 6.08 Å². The molecule has 0 radical (unpaired) electrons. The van der Waals surface area contributed by atoms with Gasteiger partial charge in [-0.1, -0.05) is 18.2 Å². The molecule has 10 nitrogen and oxygen atoms in total. The van der Waals surface area contributed by atoms with E-state index in [1.165, 1.54) is 42.5 Å². The molecule has 0 aliphatic carbocycles. The van der Waals surface area contributed by atoms with Crippen LogP contribution in [0, 0.1) is 10.8 Å². The Bertz CT molecular complexity index is 1340. The highest BCUT2D eigenvalue weighted by Crippen LogP contribution is 2.44. The Morgan fingerprint density at radius 3 is 2.44 bits per heavy atom. The summed E-state index contributed by atoms with van der Waals surface area (Å²) in [5.41, 5.74) is 4.36. The molecule has 1 aliphatic heterocycles. The molecule has 3 rings (SSSR count). The molecule has 2 aromatic carbocycles. The number of hydrogen-bond donors (Lipinski definition) is 5. The number of nitrogen functional groups attached to an aromatic ring is 1. The number of amides is 1. The van der Waals surface area contributed by atoms with Crippen molar-refractivity contribution in [2.75, 3.05) is 24.5 Å². The van der Waals surface area contributed by atoms with Crippen LogP contribution < -0.4 is 15.4 Å². The summed E-state index contributed by atoms with van der Waals surface area (Å²) in [5.74, 6) is -2.64. The van der Waals surface area contributed by atoms with Gasteiger partial charge in [-0.05, 0) is 37.3 Å². The number of carboxylic acid groups (broad SMARTS) is 1. The van der Waals surface area contributed by atoms with E-state index in [0.29, 0.717) is 37.3 Å². The number of nitrogens with zero attached hydrogens (tertiary/aromatic N) is 2. The summed E-state index contributed by atoms with van der Waals surface area (Å²) >= 11 is 0. The van der Waals surface area contributed by atoms with Crippen LogP contribution in [0.2, 0.25) is 0 Å². The van der Waals surface area contributed by atoms with Gasteiger partial charge in [0.2, 0.25) is 5.91 Å². The number of nitrogens with two attached hydrogens (primary N) is 1. The summed E-state index contributed by atoms with van der Waals surface area (Å²) in [6.07, 6.45) is -3.04. The monoisotopic (exact) mass is 575 g/mol. The van der Waals surface area contributed by atoms with Crippen molar-refractivity contribution in [1.82, 2.24) is 4.90 Å². The average molecular weight is 576 g/mol. The highest BCUT2D eigenvalue weighted by molar-refractivity contribution is 5.97. The number of amidine groups is 2. The van der Waals surface area contributed by atoms with Crippen LogP contribution in [0.3, 0.4) is 0 Å². The molecule has 1 saturated heterocycles. The summed E-state index contributed by atoms with van der Waals surface area (Å²) in [6.45, 7) is 2.18. The summed E-state index contributed by atoms with van der Waals surface area (Å²) in [7, 11) is 0. The molecule has 2 aromatic rings. The first-order valence-electron chi connectivity index (χ1n) is 12.8. The first kappa shape index (κ1) is 31.0. The summed E-state index contributed by atoms with van der Waals surface area (Å²) in [6, 6.07) is 7.78. The number of carboxylic acids is 1. The number of phenolic OH excluding ortho intramolecular Hbond substituents is 1. The number of aliphatic carboxylic acids is 1. The maximum Gasteiger partial charge on any atom is 0.421 e. The maximum atomic E-state index is 14.5. The van der Waals surface area contributed by atoms with Crippen molar-refractivity contribution in [3.8, 4) is 11.5 Å². The third-order valence-electron chi connectivity index (χ3n) is 6.57. The van der Waals surface area contributed by atoms with Crippen molar-refractivity contribution >= 4 is 35.3 Å². The first-order chi connectivity index (χ1) is 19.3. The molecule has 0 saturated carbocycles. The molecule has 1 heterocycles. The van der Waals surface area contributed by atoms with Crippen molar-refractivity contribution in [2.24, 2.45) is 5.73 Å². The van der Waals surface area contributed by atoms with E-state index >= 15 is 0 Å². The van der Waals surface area contributed by atoms with Crippen LogP contribution in [-0.4, -0.2) is 64.4 Å². The van der Waals surface area contributed by atoms with Gasteiger partial charge in [-0.3, -0.25) is 20.4 Å². The fourth-order valence-electron chi connectivity index (χ4n) is 4.44. The summed E-state index contributed by atoms with van der Waals surface area (Å²) in [5, 5.41) is 34.5. The topological polar surface area (TPSA) is 164 Å². The van der Waals surface area contributed by atoms with E-state index in [1.807, 2.05) is 0 Å². The number of halogens is 3. The minimum atomic E-state index is -4.92. The molecule has 1 amide bonds. The third-order valence-corrected chi connectivity index (χ3v) is 6.57. The zero-order valence-corrected chi connectivity index (χ0v) is 22.4. The number of carbonyl (C=O) groups excluding carboxylic acids is 1. The van der Waals surface area contributed by atoms with Gasteiger partial charge in [-0.15, -0.1) is 0 Å². The standard InChI is InChI=1S/C28H32F3N5O5/c1-17(32)35-14-11-20(12-15-35)41-23-6-2-5-21(26(23)28(29,30)31)36(24(38)9-10-25(39)40)13-3-4-18-16-19(27(33)34)7-8-22(18)37/h2-8,16,20,32,37H,9-15H2,1H3,(H3,33,34)(H,39,40)/b4-3+,32-17?. The second-order valence-electron chi connectivity index (χ2n) is 9.53. The maximum absolute atomic E-state index is 14.5. The second kappa shape index (κ2) is 13.2. The van der Waals surface area contributed by atoms with Crippen LogP contribution in [0.4, 0.5) is 18.9 Å². The van der Waals surface area contributed by atoms with Gasteiger partial charge < -0.3 is 30.5 Å². The molecule has 6 N–H and O–H groups in total. The van der Waals surface area contributed by atoms with Crippen LogP contribution >= 0.6 is 0 Å². The Hall–Kier alpha value is -4.55. The van der Waals surface area contributed by atoms with E-state index in [1.54, 1.807) is 11.8 Å². The van der Waals surface area contributed by atoms with Crippen LogP contribution in [0.5, 0.6) is 11.5 Å². The SMILES string of the molecule is CC(=N)N1CCC(Oc2cccc(N(C/C=C/c3cc(C(=N)N)ccc3O)C(=O)CCC(=O)O)c2C(F)(F)F)CC1. The number of benzene rings is 2. The van der Waals surface area contributed by atoms with Gasteiger partial charge >= 0.3 is 12.1 Å². The normalized spacial score (nSPS) is 14.2. The van der Waals surface area contributed by atoms with Crippen molar-refractivity contribution in [2.45, 2.75) is 44.9 Å². The molecule has 220 valence electrons. The number of ether oxygens (including phenoxy) is 1. The Morgan fingerprint density at radius 1 is 1.17 bits per heavy atom. The van der Waals surface area contributed by atoms with Crippen molar-refractivity contribution in [3.05, 3.63) is 59.2 Å². The van der Waals surface area contributed by atoms with Gasteiger partial charge in [0.1, 0.15) is 29.0 Å². The molecule has 0 atom stereocenters. The predicted octanol–water partition coefficient (Wildman–Crippen LogP) is 4.45. The van der Waals surface area contributed by atoms with Gasteiger partial charge in [0.25, 0.3) is 0 Å². The zero-order valence-electron chi connectivity index (χ0n) is 22.4. The van der Waals surface area contributed by atoms with Crippen LogP contribution in [0.1, 0.15) is 49.3 Å². The third kappa shape index (κ3) is 8.22. The Labute approximate surface area is 234 Å². The van der Waals surface area contributed by atoms with E-state index in [0.717, 1.165) is 11.0 Å². The number of aromatic hydroxyl groups is 1. The molecule has 13 heteroatoms. The Morgan fingerprint density at radius 2 is 1.85 bits per heavy atom. The van der Waals surface area contributed by atoms with Gasteiger partial charge in [0.15, 0.2) is 0 Å². The van der Waals surface area contributed by atoms with E-state index in [4.69, 9.17) is 26.4 Å². The number of nitrogens with one attached hydrogen (secondary N) is 2. The van der Waals surface area contributed by atoms with E-state index in [9.17, 15) is 27.9 Å². The lowest BCUT2D eigenvalue weighted by atomic mass is 10.1. The highest BCUT2D eigenvalue weighted by atomic mass is 19.4. The quantitative estimate of drug-likeness (QED) is 0.206. The molecule has 0 aromatic heterocycles. The Balaban J connectivity index is 1.97. The largest absolute Gasteiger partial charge is 0.507 e. The van der Waals surface area contributed by atoms with E-state index in [-0.39, 0.29) is 23.7 Å². The van der Waals surface area contributed by atoms with Crippen LogP contribution in [0.15, 0.2) is 42.5 Å². The van der Waals surface area contributed by atoms with Crippen LogP contribution in [-0.2, 0) is 15.8 Å². The lowest BCUT2D eigenvalue weighted by Crippen LogP contribution is -2.40. The Kier molecular flexibility index (Phi) is 9.98. The molecular weight excluding hydrogens is 543 g/mol. The predicted molar refractivity (Wildman–Crippen MR) is 147 cm³/mol. The average Bonchev–Trinajstić information content (AvgIpc) is 2.90. The fourth-order valence-corrected chi connectivity index (χ4v) is 4.44. The molecule has 0 bridgehead atoms. The lowest BCUT2D eigenvalue weighted by Gasteiger charge is -2.34. The molecule has 41 heavy (non-hydrogen) atoms. The number of likely N-dealkylation sites (tertiary alicyclic amines) is 1. The molecule has 1 fully saturated rings. The number of hydrogen-bond acceptors (Lipinski definition) is 6. The smallest absolute Gasteiger partial charge is 0.421 e. The van der Waals surface area contributed by atoms with Gasteiger partial charge in [0.05, 0.1) is 17.9 Å². The minimum Gasteiger partial charge on any atom is -0.507 e. The van der Waals surface area contributed by atoms with Gasteiger partial charge in [-0.25, -0.2) is 0 Å². The number of alkyl halides is 3. The van der Waals surface area contributed by atoms with Crippen molar-refractivity contribution in [1.29, 1.82) is 10.8 Å². The minimum absolute atomic E-state index is 0.175. The first-order valence-corrected chi connectivity index (χ1v) is 12.8. The van der Waals surface area contributed by atoms with Gasteiger partial charge in [0, 0.05) is 50.0 Å². The van der Waals surface area contributed by atoms with Gasteiger partial charge in [-0.2, -0.15) is 13.2 Å². The van der Waals surface area contributed by atoms with Crippen molar-refractivity contribution in [3.63, 3.8) is 0 Å². The number of carbonyl (C=O) groups is 2. The molecule has 1 aliphatic rings. The molecular formula is C28H32F3N5O5. The van der Waals surface area contributed by atoms with E-state index in [2.05, 4.69) is 0 Å². The number of anilines is 1. The lowest BCUT2D eigenvalue weighted by molar-refractivity contribution is -0.140. The fraction of sp³-hybridized carbons (Fsp3) is 0.357. The molecule has 0 spiro atoms. The summed E-state index contributed by atoms with van der Waals surface area (Å²) in [4.78, 5) is 26.8. The zero-order chi connectivity index (χ0) is 30.3. The number of phenols is 1. The van der Waals surface area contributed by atoms with Crippen molar-refractivity contribution < 1.29 is 37.7 Å². The second-order valence-corrected chi connectivity index (χ2v) is 9.53. The highest BCUT2D eigenvalue weighted by Gasteiger charge is 2.40.